The molecule has 0 aromatic carbocycles. The van der Waals surface area contributed by atoms with Crippen molar-refractivity contribution in [1.82, 2.24) is 45.0 Å². The first-order valence-corrected chi connectivity index (χ1v) is 11.8. The molecule has 0 aliphatic carbocycles. The van der Waals surface area contributed by atoms with E-state index in [0.717, 1.165) is 14.4 Å². The number of alkyl halides is 3. The second kappa shape index (κ2) is 8.79. The van der Waals surface area contributed by atoms with E-state index in [4.69, 9.17) is 4.52 Å². The van der Waals surface area contributed by atoms with E-state index in [1.165, 1.54) is 17.4 Å². The van der Waals surface area contributed by atoms with Gasteiger partial charge in [-0.05, 0) is 65.1 Å². The monoisotopic (exact) mass is 597 g/mol. The first kappa shape index (κ1) is 22.5. The zero-order valence-electron chi connectivity index (χ0n) is 17.5. The summed E-state index contributed by atoms with van der Waals surface area (Å²) >= 11 is 3.49. The molecule has 0 spiro atoms. The number of nitrogens with zero attached hydrogens (tertiary/aromatic N) is 8. The van der Waals surface area contributed by atoms with Crippen molar-refractivity contribution in [2.45, 2.75) is 24.3 Å². The summed E-state index contributed by atoms with van der Waals surface area (Å²) in [6.07, 6.45) is 0.266. The Morgan fingerprint density at radius 2 is 2.12 bits per heavy atom. The molecule has 5 aromatic heterocycles. The van der Waals surface area contributed by atoms with Crippen molar-refractivity contribution in [2.24, 2.45) is 0 Å². The minimum atomic E-state index is -2.93. The van der Waals surface area contributed by atoms with Crippen LogP contribution in [0, 0.1) is 13.8 Å². The maximum absolute atomic E-state index is 13.5. The number of nitrogens with one attached hydrogen (secondary N) is 1. The molecule has 0 saturated carbocycles. The van der Waals surface area contributed by atoms with Crippen molar-refractivity contribution in [3.8, 4) is 16.3 Å². The number of hydrogen-bond acceptors (Lipinski definition) is 9. The van der Waals surface area contributed by atoms with Crippen LogP contribution >= 0.6 is 33.9 Å². The van der Waals surface area contributed by atoms with Crippen LogP contribution in [0.5, 0.6) is 0 Å². The summed E-state index contributed by atoms with van der Waals surface area (Å²) in [7, 11) is 0. The van der Waals surface area contributed by atoms with E-state index in [2.05, 4.69) is 36.0 Å². The molecule has 0 fully saturated rings. The normalized spacial score (nSPS) is 12.5. The molecule has 0 unspecified atom stereocenters. The Kier molecular flexibility index (Phi) is 5.80. The van der Waals surface area contributed by atoms with E-state index >= 15 is 0 Å². The summed E-state index contributed by atoms with van der Waals surface area (Å²) in [5, 5.41) is 17.0. The van der Waals surface area contributed by atoms with Gasteiger partial charge >= 0.3 is 0 Å². The molecule has 1 N–H and O–H groups in total. The van der Waals surface area contributed by atoms with Gasteiger partial charge in [-0.15, -0.1) is 16.4 Å². The van der Waals surface area contributed by atoms with Crippen LogP contribution in [0.15, 0.2) is 35.1 Å². The molecule has 0 radical (unpaired) electrons. The van der Waals surface area contributed by atoms with Crippen LogP contribution in [-0.2, 0) is 0 Å². The number of carbonyl (C=O) groups is 1. The van der Waals surface area contributed by atoms with E-state index in [1.54, 1.807) is 23.7 Å². The van der Waals surface area contributed by atoms with Crippen LogP contribution in [0.1, 0.15) is 43.2 Å². The van der Waals surface area contributed by atoms with Gasteiger partial charge in [0, 0.05) is 11.1 Å². The second-order valence-electron chi connectivity index (χ2n) is 7.13. The molecule has 5 aromatic rings. The van der Waals surface area contributed by atoms with Crippen molar-refractivity contribution in [3.05, 3.63) is 58.6 Å². The SMILES string of the molecule is Cc1noc([C@@H](I)NC(=O)c2cc(-n3nnnc3C(F)F)c3ncc(-c4ccc(C)s4)n3c2)n1. The summed E-state index contributed by atoms with van der Waals surface area (Å²) in [5.41, 5.74) is 1.30. The number of rotatable bonds is 6. The maximum Gasteiger partial charge on any atom is 0.299 e. The number of amides is 1. The Morgan fingerprint density at radius 1 is 1.29 bits per heavy atom. The van der Waals surface area contributed by atoms with E-state index in [-0.39, 0.29) is 17.1 Å². The van der Waals surface area contributed by atoms with Crippen LogP contribution in [0.25, 0.3) is 21.9 Å². The quantitative estimate of drug-likeness (QED) is 0.178. The molecule has 0 saturated heterocycles. The maximum atomic E-state index is 13.5. The summed E-state index contributed by atoms with van der Waals surface area (Å²) < 4.78 is 34.1. The van der Waals surface area contributed by atoms with Gasteiger partial charge in [0.1, 0.15) is 5.69 Å². The van der Waals surface area contributed by atoms with E-state index in [1.807, 2.05) is 41.6 Å². The fourth-order valence-electron chi connectivity index (χ4n) is 3.28. The Morgan fingerprint density at radius 3 is 2.79 bits per heavy atom. The van der Waals surface area contributed by atoms with Gasteiger partial charge in [-0.1, -0.05) is 5.16 Å². The highest BCUT2D eigenvalue weighted by molar-refractivity contribution is 14.1. The predicted octanol–water partition coefficient (Wildman–Crippen LogP) is 3.84. The number of fused-ring (bicyclic) bond motifs is 1. The second-order valence-corrected chi connectivity index (χ2v) is 9.66. The highest BCUT2D eigenvalue weighted by Crippen LogP contribution is 2.31. The van der Waals surface area contributed by atoms with Gasteiger partial charge in [0.05, 0.1) is 22.3 Å². The Bertz CT molecular complexity index is 1510. The zero-order valence-corrected chi connectivity index (χ0v) is 20.5. The molecule has 0 aliphatic heterocycles. The van der Waals surface area contributed by atoms with Crippen LogP contribution in [-0.4, -0.2) is 45.6 Å². The smallest absolute Gasteiger partial charge is 0.299 e. The van der Waals surface area contributed by atoms with Crippen molar-refractivity contribution in [2.75, 3.05) is 0 Å². The number of aryl methyl sites for hydroxylation is 2. The van der Waals surface area contributed by atoms with Crippen molar-refractivity contribution >= 4 is 45.5 Å². The summed E-state index contributed by atoms with van der Waals surface area (Å²) in [6.45, 7) is 3.63. The third kappa shape index (κ3) is 4.04. The molecule has 5 heterocycles. The van der Waals surface area contributed by atoms with Crippen LogP contribution < -0.4 is 5.32 Å². The van der Waals surface area contributed by atoms with Crippen molar-refractivity contribution in [3.63, 3.8) is 0 Å². The molecule has 34 heavy (non-hydrogen) atoms. The number of halogens is 3. The Hall–Kier alpha value is -3.34. The number of tetrazole rings is 1. The minimum Gasteiger partial charge on any atom is -0.336 e. The highest BCUT2D eigenvalue weighted by atomic mass is 127. The van der Waals surface area contributed by atoms with Crippen LogP contribution in [0.3, 0.4) is 0 Å². The molecular formula is C19H14F2IN9O2S. The molecule has 1 atom stereocenters. The van der Waals surface area contributed by atoms with Gasteiger partial charge in [-0.2, -0.15) is 9.67 Å². The van der Waals surface area contributed by atoms with E-state index in [0.29, 0.717) is 17.2 Å². The Balaban J connectivity index is 1.64. The summed E-state index contributed by atoms with van der Waals surface area (Å²) in [5.74, 6) is -0.496. The number of aromatic nitrogens is 8. The number of imidazole rings is 1. The molecular weight excluding hydrogens is 583 g/mol. The van der Waals surface area contributed by atoms with Gasteiger partial charge in [0.15, 0.2) is 15.5 Å². The molecule has 0 bridgehead atoms. The van der Waals surface area contributed by atoms with Crippen LogP contribution in [0.4, 0.5) is 8.78 Å². The lowest BCUT2D eigenvalue weighted by molar-refractivity contribution is 0.0946. The largest absolute Gasteiger partial charge is 0.336 e. The van der Waals surface area contributed by atoms with Gasteiger partial charge in [0.2, 0.25) is 5.82 Å². The molecule has 0 aliphatic rings. The third-order valence-electron chi connectivity index (χ3n) is 4.78. The van der Waals surface area contributed by atoms with Gasteiger partial charge in [0.25, 0.3) is 18.2 Å². The fourth-order valence-corrected chi connectivity index (χ4v) is 4.69. The first-order chi connectivity index (χ1) is 16.3. The number of pyridine rings is 1. The first-order valence-electron chi connectivity index (χ1n) is 9.71. The number of carbonyl (C=O) groups excluding carboxylic acids is 1. The molecule has 174 valence electrons. The number of hydrogen-bond donors (Lipinski definition) is 1. The molecule has 5 rings (SSSR count). The summed E-state index contributed by atoms with van der Waals surface area (Å²) in [6, 6.07) is 5.29. The zero-order chi connectivity index (χ0) is 24.0. The predicted molar refractivity (Wildman–Crippen MR) is 124 cm³/mol. The fraction of sp³-hybridized carbons (Fsp3) is 0.211. The van der Waals surface area contributed by atoms with Gasteiger partial charge < -0.3 is 9.84 Å². The molecule has 15 heteroatoms. The lowest BCUT2D eigenvalue weighted by Gasteiger charge is -2.12. The average Bonchev–Trinajstić information content (AvgIpc) is 3.59. The summed E-state index contributed by atoms with van der Waals surface area (Å²) in [4.78, 5) is 23.7. The van der Waals surface area contributed by atoms with Crippen molar-refractivity contribution < 1.29 is 18.1 Å². The third-order valence-corrected chi connectivity index (χ3v) is 6.64. The van der Waals surface area contributed by atoms with Gasteiger partial charge in [-0.3, -0.25) is 9.20 Å². The molecule has 11 nitrogen and oxygen atoms in total. The molecule has 1 amide bonds. The van der Waals surface area contributed by atoms with E-state index in [9.17, 15) is 13.6 Å². The van der Waals surface area contributed by atoms with Crippen molar-refractivity contribution in [1.29, 1.82) is 0 Å². The highest BCUT2D eigenvalue weighted by Gasteiger charge is 2.25. The van der Waals surface area contributed by atoms with Gasteiger partial charge in [-0.25, -0.2) is 13.8 Å². The standard InChI is InChI=1S/C19H14F2IN9O2S/c1-8-3-4-13(34-8)12-6-23-16-11(31-17(14(20)21)26-28-29-31)5-10(7-30(12)16)18(32)25-15(22)19-24-9(2)27-33-19/h3-7,14-15H,1-2H3,(H,25,32)/t15-/m0/s1. The minimum absolute atomic E-state index is 0.131. The lowest BCUT2D eigenvalue weighted by Crippen LogP contribution is -2.26. The Labute approximate surface area is 207 Å². The average molecular weight is 597 g/mol. The van der Waals surface area contributed by atoms with Crippen LogP contribution in [0.2, 0.25) is 0 Å². The van der Waals surface area contributed by atoms with E-state index < -0.39 is 22.2 Å². The topological polar surface area (TPSA) is 129 Å². The lowest BCUT2D eigenvalue weighted by atomic mass is 10.2. The number of thiophene rings is 1.